The van der Waals surface area contributed by atoms with E-state index in [1.54, 1.807) is 0 Å². The third kappa shape index (κ3) is 7.47. The van der Waals surface area contributed by atoms with Crippen molar-refractivity contribution in [2.75, 3.05) is 9.80 Å². The van der Waals surface area contributed by atoms with E-state index in [1.165, 1.54) is 134 Å². The lowest BCUT2D eigenvalue weighted by atomic mass is 9.33. The Kier molecular flexibility index (Phi) is 10.9. The van der Waals surface area contributed by atoms with Gasteiger partial charge in [-0.15, -0.1) is 0 Å². The van der Waals surface area contributed by atoms with Crippen molar-refractivity contribution >= 4 is 101 Å². The van der Waals surface area contributed by atoms with Gasteiger partial charge >= 0.3 is 0 Å². The summed E-state index contributed by atoms with van der Waals surface area (Å²) in [5.74, 6) is 0. The molecule has 2 aliphatic heterocycles. The van der Waals surface area contributed by atoms with E-state index in [0.717, 1.165) is 33.1 Å². The van der Waals surface area contributed by atoms with Gasteiger partial charge in [0.05, 0.1) is 28.1 Å². The predicted octanol–water partition coefficient (Wildman–Crippen LogP) is 18.5. The summed E-state index contributed by atoms with van der Waals surface area (Å²) in [7, 11) is 0. The fourth-order valence-electron chi connectivity index (χ4n) is 13.6. The second kappa shape index (κ2) is 17.1. The van der Waals surface area contributed by atoms with Crippen LogP contribution in [0.3, 0.4) is 0 Å². The molecule has 5 heteroatoms. The predicted molar refractivity (Wildman–Crippen MR) is 337 cm³/mol. The highest BCUT2D eigenvalue weighted by molar-refractivity contribution is 7.00. The molecular weight excluding hydrogens is 946 g/mol. The van der Waals surface area contributed by atoms with E-state index in [0.29, 0.717) is 0 Å². The van der Waals surface area contributed by atoms with Crippen LogP contribution < -0.4 is 26.2 Å². The zero-order valence-corrected chi connectivity index (χ0v) is 48.7. The van der Waals surface area contributed by atoms with Crippen molar-refractivity contribution in [1.82, 2.24) is 4.57 Å². The van der Waals surface area contributed by atoms with Gasteiger partial charge in [-0.25, -0.2) is 0 Å². The van der Waals surface area contributed by atoms with Crippen LogP contribution in [0.1, 0.15) is 118 Å². The summed E-state index contributed by atoms with van der Waals surface area (Å²) >= 11 is 0. The number of hydrogen-bond donors (Lipinski definition) is 0. The molecule has 0 spiro atoms. The van der Waals surface area contributed by atoms with Gasteiger partial charge in [-0.2, -0.15) is 0 Å². The zero-order valence-electron chi connectivity index (χ0n) is 48.7. The minimum absolute atomic E-state index is 0.00811. The molecule has 0 bridgehead atoms. The molecule has 13 rings (SSSR count). The molecule has 0 unspecified atom stereocenters. The van der Waals surface area contributed by atoms with E-state index in [9.17, 15) is 0 Å². The summed E-state index contributed by atoms with van der Waals surface area (Å²) in [6, 6.07) is 56.2. The highest BCUT2D eigenvalue weighted by atomic mass is 16.3. The Labute approximate surface area is 462 Å². The van der Waals surface area contributed by atoms with Crippen LogP contribution in [-0.2, 0) is 16.2 Å². The third-order valence-electron chi connectivity index (χ3n) is 17.5. The normalized spacial score (nSPS) is 13.6. The monoisotopic (exact) mass is 1020 g/mol. The van der Waals surface area contributed by atoms with Gasteiger partial charge in [-0.1, -0.05) is 159 Å². The molecular formula is C73H72BN3O. The van der Waals surface area contributed by atoms with Gasteiger partial charge in [0, 0.05) is 49.9 Å². The third-order valence-corrected chi connectivity index (χ3v) is 17.5. The van der Waals surface area contributed by atoms with Crippen molar-refractivity contribution in [3.8, 4) is 16.8 Å². The largest absolute Gasteiger partial charge is 0.455 e. The fraction of sp³-hybridized carbons (Fsp3) is 0.260. The maximum absolute atomic E-state index is 6.66. The lowest BCUT2D eigenvalue weighted by molar-refractivity contribution is 0.589. The van der Waals surface area contributed by atoms with Gasteiger partial charge in [0.2, 0.25) is 0 Å². The minimum atomic E-state index is -0.0822. The number of hydrogen-bond acceptors (Lipinski definition) is 3. The molecule has 2 aromatic heterocycles. The summed E-state index contributed by atoms with van der Waals surface area (Å²) in [6.45, 7) is 37.1. The first kappa shape index (κ1) is 49.8. The number of aryl methyl sites for hydroxylation is 7. The van der Waals surface area contributed by atoms with Crippen molar-refractivity contribution in [1.29, 1.82) is 0 Å². The first-order valence-corrected chi connectivity index (χ1v) is 28.2. The SMILES string of the molecule is Cc1cc2c3c(c1)N(c1c(C)cc(C(C)(C)C)cc1C)c1cc4c(cc1B3c1ccc(C(C)(C)C)cc1N2c1c(C)cc(-c2cccc3c2oc2ccccc23)cc1C)c1ccc(C(C)(C)C)cc1n4-c1c(C)cccc1C. The molecule has 78 heavy (non-hydrogen) atoms. The first-order valence-electron chi connectivity index (χ1n) is 28.2. The van der Waals surface area contributed by atoms with E-state index in [2.05, 4.69) is 271 Å². The molecule has 0 radical (unpaired) electrons. The lowest BCUT2D eigenvalue weighted by Crippen LogP contribution is -2.61. The molecule has 0 saturated heterocycles. The summed E-state index contributed by atoms with van der Waals surface area (Å²) in [5, 5.41) is 4.84. The van der Waals surface area contributed by atoms with E-state index >= 15 is 0 Å². The highest BCUT2D eigenvalue weighted by Gasteiger charge is 2.45. The molecule has 388 valence electrons. The number of rotatable bonds is 4. The van der Waals surface area contributed by atoms with Gasteiger partial charge in [-0.3, -0.25) is 0 Å². The van der Waals surface area contributed by atoms with Crippen molar-refractivity contribution < 1.29 is 4.42 Å². The van der Waals surface area contributed by atoms with Gasteiger partial charge in [0.15, 0.2) is 0 Å². The molecule has 9 aromatic carbocycles. The second-order valence-electron chi connectivity index (χ2n) is 26.3. The Balaban J connectivity index is 1.14. The van der Waals surface area contributed by atoms with Crippen LogP contribution in [0, 0.1) is 48.5 Å². The van der Waals surface area contributed by atoms with Gasteiger partial charge in [0.1, 0.15) is 11.2 Å². The van der Waals surface area contributed by atoms with Crippen LogP contribution in [0.15, 0.2) is 150 Å². The summed E-state index contributed by atoms with van der Waals surface area (Å²) in [6.07, 6.45) is 0. The topological polar surface area (TPSA) is 24.6 Å². The maximum atomic E-state index is 6.66. The summed E-state index contributed by atoms with van der Waals surface area (Å²) in [5.41, 5.74) is 31.8. The Morgan fingerprint density at radius 2 is 0.923 bits per heavy atom. The Morgan fingerprint density at radius 1 is 0.385 bits per heavy atom. The van der Waals surface area contributed by atoms with Gasteiger partial charge < -0.3 is 18.8 Å². The molecule has 2 aliphatic rings. The summed E-state index contributed by atoms with van der Waals surface area (Å²) < 4.78 is 9.26. The minimum Gasteiger partial charge on any atom is -0.455 e. The van der Waals surface area contributed by atoms with E-state index in [4.69, 9.17) is 4.42 Å². The Hall–Kier alpha value is -7.76. The van der Waals surface area contributed by atoms with E-state index < -0.39 is 0 Å². The average molecular weight is 1020 g/mol. The number of fused-ring (bicyclic) bond motifs is 10. The van der Waals surface area contributed by atoms with Crippen molar-refractivity contribution in [2.24, 2.45) is 0 Å². The average Bonchev–Trinajstić information content (AvgIpc) is 3.00. The smallest absolute Gasteiger partial charge is 0.252 e. The quantitative estimate of drug-likeness (QED) is 0.164. The highest BCUT2D eigenvalue weighted by Crippen LogP contribution is 2.51. The molecule has 0 fully saturated rings. The van der Waals surface area contributed by atoms with Crippen LogP contribution in [0.4, 0.5) is 34.1 Å². The molecule has 0 aliphatic carbocycles. The lowest BCUT2D eigenvalue weighted by Gasteiger charge is -2.46. The van der Waals surface area contributed by atoms with E-state index in [1.807, 2.05) is 0 Å². The number of para-hydroxylation sites is 3. The number of aromatic nitrogens is 1. The molecule has 0 amide bonds. The molecule has 0 atom stereocenters. The number of benzene rings is 9. The van der Waals surface area contributed by atoms with Crippen LogP contribution in [0.5, 0.6) is 0 Å². The van der Waals surface area contributed by atoms with Crippen molar-refractivity contribution in [2.45, 2.75) is 127 Å². The molecule has 11 aromatic rings. The first-order chi connectivity index (χ1) is 37.0. The van der Waals surface area contributed by atoms with E-state index in [-0.39, 0.29) is 23.0 Å². The fourth-order valence-corrected chi connectivity index (χ4v) is 13.6. The van der Waals surface area contributed by atoms with Crippen LogP contribution in [-0.4, -0.2) is 11.3 Å². The Morgan fingerprint density at radius 3 is 1.55 bits per heavy atom. The molecule has 4 heterocycles. The molecule has 0 saturated carbocycles. The number of anilines is 6. The summed E-state index contributed by atoms with van der Waals surface area (Å²) in [4.78, 5) is 5.32. The van der Waals surface area contributed by atoms with Crippen LogP contribution in [0.25, 0.3) is 60.6 Å². The van der Waals surface area contributed by atoms with Crippen molar-refractivity contribution in [3.05, 3.63) is 201 Å². The number of nitrogens with zero attached hydrogens (tertiary/aromatic N) is 3. The van der Waals surface area contributed by atoms with Gasteiger partial charge in [-0.05, 0) is 191 Å². The Bertz CT molecular complexity index is 4300. The van der Waals surface area contributed by atoms with Crippen LogP contribution >= 0.6 is 0 Å². The molecule has 0 N–H and O–H groups in total. The van der Waals surface area contributed by atoms with Gasteiger partial charge in [0.25, 0.3) is 6.71 Å². The number of furan rings is 1. The standard InChI is InChI=1S/C73H72BN3O/c1-41-31-63-66-64(32-41)77(69-46(6)35-51(36-47(69)7)73(14,15)16)62-40-60-56(53-29-27-49(71(8,9)10)37-59(53)75(60)67-42(2)21-19-22-43(67)3)39-58(62)74(66)57-30-28-50(72(11,12)13)38-61(57)76(63)68-44(4)33-48(34-45(68)5)52-24-20-25-55-54-23-17-18-26-65(54)78-70(52)55/h17-40H,1-16H3. The second-order valence-corrected chi connectivity index (χ2v) is 26.3. The van der Waals surface area contributed by atoms with Crippen LogP contribution in [0.2, 0.25) is 0 Å². The van der Waals surface area contributed by atoms with Crippen molar-refractivity contribution in [3.63, 3.8) is 0 Å². The molecule has 4 nitrogen and oxygen atoms in total. The zero-order chi connectivity index (χ0) is 54.8. The maximum Gasteiger partial charge on any atom is 0.252 e.